The van der Waals surface area contributed by atoms with E-state index in [0.29, 0.717) is 46.6 Å². The summed E-state index contributed by atoms with van der Waals surface area (Å²) >= 11 is 1.45. The Morgan fingerprint density at radius 2 is 1.89 bits per heavy atom. The first-order chi connectivity index (χ1) is 29.7. The molecule has 4 heterocycles. The first-order valence-electron chi connectivity index (χ1n) is 21.7. The number of hydrogen-bond donors (Lipinski definition) is 5. The number of aromatic nitrogens is 2. The van der Waals surface area contributed by atoms with Crippen LogP contribution in [0.3, 0.4) is 0 Å². The van der Waals surface area contributed by atoms with Crippen LogP contribution in [0.2, 0.25) is 0 Å². The van der Waals surface area contributed by atoms with E-state index >= 15 is 0 Å². The van der Waals surface area contributed by atoms with Gasteiger partial charge in [-0.2, -0.15) is 0 Å². The number of amides is 4. The summed E-state index contributed by atoms with van der Waals surface area (Å²) in [6.07, 6.45) is 6.37. The number of pyridine rings is 1. The molecule has 4 amide bonds. The molecule has 1 aromatic carbocycles. The average Bonchev–Trinajstić information content (AvgIpc) is 3.49. The standard InChI is InChI=1S/C44H62N8O9S2/c1-9-63(58,59)51(7)24-37(43(4,5)6)49-41(57)47-31-16-14-12-10-11-13-15-27-22-44(27,40(55)56)50-38(53)35-20-29(23-52(35)39(31)54)61-36-21-33(34-25-62-42(48-34)45-26(2)3)46-32-19-28(60-8)17-18-30(32)36/h13,15,17-19,21,25-27,29,31,35,37H,9-12,14,16,20,22-24H2,1-8H3,(H,45,48)(H,50,53)(H,55,56)(H2,47,49,57)/b15-13-/t27?,29-,31+,35+,37-,44-/m1/s1. The van der Waals surface area contributed by atoms with Gasteiger partial charge in [0.2, 0.25) is 21.8 Å². The predicted octanol–water partition coefficient (Wildman–Crippen LogP) is 5.38. The molecule has 6 rings (SSSR count). The van der Waals surface area contributed by atoms with Gasteiger partial charge in [0.1, 0.15) is 40.9 Å². The van der Waals surface area contributed by atoms with Crippen LogP contribution in [-0.2, 0) is 24.4 Å². The first kappa shape index (κ1) is 47.5. The van der Waals surface area contributed by atoms with Gasteiger partial charge in [-0.15, -0.1) is 11.3 Å². The number of anilines is 1. The van der Waals surface area contributed by atoms with Crippen molar-refractivity contribution >= 4 is 61.2 Å². The molecule has 3 aliphatic rings. The average molecular weight is 911 g/mol. The second kappa shape index (κ2) is 19.4. The Bertz CT molecular complexity index is 2310. The van der Waals surface area contributed by atoms with Gasteiger partial charge in [-0.05, 0) is 64.0 Å². The molecule has 2 aliphatic heterocycles. The van der Waals surface area contributed by atoms with E-state index in [1.165, 1.54) is 27.6 Å². The summed E-state index contributed by atoms with van der Waals surface area (Å²) in [5.41, 5.74) is -0.330. The zero-order valence-electron chi connectivity index (χ0n) is 37.4. The molecule has 19 heteroatoms. The van der Waals surface area contributed by atoms with E-state index in [1.807, 2.05) is 58.2 Å². The van der Waals surface area contributed by atoms with Gasteiger partial charge in [0.05, 0.1) is 30.6 Å². The zero-order valence-corrected chi connectivity index (χ0v) is 39.0. The van der Waals surface area contributed by atoms with Crippen LogP contribution in [-0.4, -0.2) is 125 Å². The lowest BCUT2D eigenvalue weighted by molar-refractivity contribution is -0.145. The zero-order chi connectivity index (χ0) is 45.9. The number of carbonyl (C=O) groups excluding carboxylic acids is 3. The molecular weight excluding hydrogens is 849 g/mol. The number of allylic oxidation sites excluding steroid dienone is 1. The monoisotopic (exact) mass is 910 g/mol. The van der Waals surface area contributed by atoms with Crippen molar-refractivity contribution in [2.45, 2.75) is 122 Å². The fourth-order valence-corrected chi connectivity index (χ4v) is 9.72. The van der Waals surface area contributed by atoms with Crippen LogP contribution in [0.25, 0.3) is 22.3 Å². The highest BCUT2D eigenvalue weighted by atomic mass is 32.2. The highest BCUT2D eigenvalue weighted by Crippen LogP contribution is 2.45. The van der Waals surface area contributed by atoms with Crippen molar-refractivity contribution in [1.29, 1.82) is 0 Å². The number of aliphatic carboxylic acids is 1. The van der Waals surface area contributed by atoms with E-state index in [0.717, 1.165) is 18.0 Å². The topological polar surface area (TPSA) is 221 Å². The normalized spacial score (nSPS) is 24.4. The number of ether oxygens (including phenoxy) is 2. The number of carbonyl (C=O) groups is 4. The van der Waals surface area contributed by atoms with Crippen molar-refractivity contribution in [3.05, 3.63) is 41.8 Å². The van der Waals surface area contributed by atoms with Gasteiger partial charge in [0, 0.05) is 60.9 Å². The molecule has 3 aromatic rings. The molecule has 1 saturated heterocycles. The summed E-state index contributed by atoms with van der Waals surface area (Å²) in [6.45, 7) is 11.2. The van der Waals surface area contributed by atoms with Crippen molar-refractivity contribution in [3.63, 3.8) is 0 Å². The van der Waals surface area contributed by atoms with Crippen LogP contribution in [0.1, 0.15) is 86.5 Å². The van der Waals surface area contributed by atoms with Crippen LogP contribution in [0.5, 0.6) is 11.5 Å². The Kier molecular flexibility index (Phi) is 14.6. The lowest BCUT2D eigenvalue weighted by atomic mass is 9.87. The molecule has 344 valence electrons. The fraction of sp³-hybridized carbons (Fsp3) is 0.591. The van der Waals surface area contributed by atoms with Crippen LogP contribution in [0.4, 0.5) is 9.93 Å². The Labute approximate surface area is 373 Å². The largest absolute Gasteiger partial charge is 0.497 e. The van der Waals surface area contributed by atoms with Crippen molar-refractivity contribution < 1.29 is 42.2 Å². The van der Waals surface area contributed by atoms with Crippen LogP contribution >= 0.6 is 11.3 Å². The van der Waals surface area contributed by atoms with Crippen LogP contribution in [0, 0.1) is 11.3 Å². The van der Waals surface area contributed by atoms with E-state index in [-0.39, 0.29) is 44.1 Å². The molecule has 0 spiro atoms. The minimum Gasteiger partial charge on any atom is -0.497 e. The number of carboxylic acids is 1. The number of methoxy groups -OCH3 is 1. The van der Waals surface area contributed by atoms with E-state index in [2.05, 4.69) is 21.3 Å². The summed E-state index contributed by atoms with van der Waals surface area (Å²) in [4.78, 5) is 66.9. The van der Waals surface area contributed by atoms with Gasteiger partial charge in [-0.1, -0.05) is 45.8 Å². The number of fused-ring (bicyclic) bond motifs is 3. The number of benzene rings is 1. The Morgan fingerprint density at radius 3 is 2.57 bits per heavy atom. The number of nitrogens with one attached hydrogen (secondary N) is 4. The van der Waals surface area contributed by atoms with Crippen LogP contribution < -0.4 is 30.7 Å². The van der Waals surface area contributed by atoms with E-state index in [4.69, 9.17) is 19.4 Å². The number of thiazole rings is 1. The minimum absolute atomic E-state index is 0.00951. The predicted molar refractivity (Wildman–Crippen MR) is 242 cm³/mol. The molecule has 6 atom stereocenters. The van der Waals surface area contributed by atoms with Gasteiger partial charge < -0.3 is 40.7 Å². The summed E-state index contributed by atoms with van der Waals surface area (Å²) in [5, 5.41) is 25.6. The van der Waals surface area contributed by atoms with Crippen molar-refractivity contribution in [1.82, 2.24) is 35.1 Å². The molecule has 2 aromatic heterocycles. The number of carboxylic acid groups (broad SMARTS) is 1. The minimum atomic E-state index is -3.55. The van der Waals surface area contributed by atoms with Gasteiger partial charge in [-0.3, -0.25) is 9.59 Å². The van der Waals surface area contributed by atoms with Crippen molar-refractivity contribution in [2.24, 2.45) is 11.3 Å². The molecule has 0 radical (unpaired) electrons. The third-order valence-corrected chi connectivity index (χ3v) is 14.6. The lowest BCUT2D eigenvalue weighted by Crippen LogP contribution is -2.59. The lowest BCUT2D eigenvalue weighted by Gasteiger charge is -2.35. The number of nitrogens with zero attached hydrogens (tertiary/aromatic N) is 4. The molecule has 17 nitrogen and oxygen atoms in total. The maximum atomic E-state index is 14.9. The van der Waals surface area contributed by atoms with E-state index < -0.39 is 74.9 Å². The summed E-state index contributed by atoms with van der Waals surface area (Å²) in [6, 6.07) is 3.87. The van der Waals surface area contributed by atoms with Gasteiger partial charge in [0.15, 0.2) is 5.13 Å². The quantitative estimate of drug-likeness (QED) is 0.137. The molecular formula is C44H62N8O9S2. The molecule has 0 bridgehead atoms. The van der Waals surface area contributed by atoms with Crippen molar-refractivity contribution in [2.75, 3.05) is 38.3 Å². The molecule has 1 unspecified atom stereocenters. The summed E-state index contributed by atoms with van der Waals surface area (Å²) in [5.74, 6) is -1.77. The molecule has 5 N–H and O–H groups in total. The summed E-state index contributed by atoms with van der Waals surface area (Å²) < 4.78 is 38.8. The third-order valence-electron chi connectivity index (χ3n) is 12.0. The Balaban J connectivity index is 1.33. The second-order valence-electron chi connectivity index (χ2n) is 18.1. The summed E-state index contributed by atoms with van der Waals surface area (Å²) in [7, 11) is -0.514. The number of sulfonamides is 1. The highest BCUT2D eigenvalue weighted by molar-refractivity contribution is 7.89. The molecule has 1 saturated carbocycles. The second-order valence-corrected chi connectivity index (χ2v) is 21.3. The maximum absolute atomic E-state index is 14.9. The van der Waals surface area contributed by atoms with Crippen LogP contribution in [0.15, 0.2) is 41.8 Å². The van der Waals surface area contributed by atoms with Gasteiger partial charge in [0.25, 0.3) is 0 Å². The van der Waals surface area contributed by atoms with Crippen molar-refractivity contribution in [3.8, 4) is 22.9 Å². The Hall–Kier alpha value is -5.01. The highest BCUT2D eigenvalue weighted by Gasteiger charge is 2.61. The van der Waals surface area contributed by atoms with E-state index in [1.54, 1.807) is 32.2 Å². The first-order valence-corrected chi connectivity index (χ1v) is 24.1. The Morgan fingerprint density at radius 1 is 1.13 bits per heavy atom. The fourth-order valence-electron chi connectivity index (χ4n) is 8.05. The van der Waals surface area contributed by atoms with Gasteiger partial charge in [-0.25, -0.2) is 32.3 Å². The number of urea groups is 1. The maximum Gasteiger partial charge on any atom is 0.330 e. The SMILES string of the molecule is CCS(=O)(=O)N(C)C[C@@H](NC(=O)N[C@H]1CCCCC/C=C\C2C[C@@]2(C(=O)O)NC(=O)[C@@H]2C[C@@H](Oc3cc(-c4csc(NC(C)C)n4)nc4cc(OC)ccc34)CN2C1=O)C(C)(C)C. The van der Waals surface area contributed by atoms with E-state index in [9.17, 15) is 32.7 Å². The smallest absolute Gasteiger partial charge is 0.330 e. The van der Waals surface area contributed by atoms with Gasteiger partial charge >= 0.3 is 12.0 Å². The number of rotatable bonds is 13. The molecule has 1 aliphatic carbocycles. The third kappa shape index (κ3) is 11.2. The number of likely N-dealkylation sites (N-methyl/N-ethyl adjacent to an activating group) is 1. The number of hydrogen-bond acceptors (Lipinski definition) is 12. The molecule has 63 heavy (non-hydrogen) atoms. The molecule has 2 fully saturated rings.